The van der Waals surface area contributed by atoms with Crippen LogP contribution in [-0.4, -0.2) is 9.54 Å². The Morgan fingerprint density at radius 1 is 1.70 bits per heavy atom. The Labute approximate surface area is 58.6 Å². The maximum Gasteiger partial charge on any atom is 0.328 e. The molecule has 0 atom stereocenters. The minimum Gasteiger partial charge on any atom is -0.303 e. The third-order valence-electron chi connectivity index (χ3n) is 1.22. The summed E-state index contributed by atoms with van der Waals surface area (Å²) < 4.78 is 8.19. The molecule has 1 aromatic rings. The molecule has 1 N–H and O–H groups in total. The summed E-state index contributed by atoms with van der Waals surface area (Å²) in [6.07, 6.45) is 1.41. The van der Waals surface area contributed by atoms with E-state index in [9.17, 15) is 9.59 Å². The number of hydrogen-bond acceptors (Lipinski definition) is 2. The van der Waals surface area contributed by atoms with Gasteiger partial charge >= 0.3 is 5.69 Å². The Morgan fingerprint density at radius 3 is 2.90 bits per heavy atom. The lowest BCUT2D eigenvalue weighted by Gasteiger charge is -1.94. The Hall–Kier alpha value is -1.32. The van der Waals surface area contributed by atoms with Crippen LogP contribution >= 0.6 is 0 Å². The van der Waals surface area contributed by atoms with E-state index in [1.807, 2.05) is 0 Å². The summed E-state index contributed by atoms with van der Waals surface area (Å²) in [6, 6.07) is 0. The van der Waals surface area contributed by atoms with Gasteiger partial charge in [0.15, 0.2) is 1.41 Å². The first kappa shape index (κ1) is 5.46. The summed E-state index contributed by atoms with van der Waals surface area (Å²) >= 11 is 0. The molecule has 1 rings (SSSR count). The zero-order valence-electron chi connectivity index (χ0n) is 6.79. The largest absolute Gasteiger partial charge is 0.328 e. The van der Waals surface area contributed by atoms with Crippen molar-refractivity contribution in [2.45, 2.75) is 6.92 Å². The van der Waals surface area contributed by atoms with Gasteiger partial charge in [0.1, 0.15) is 0 Å². The Kier molecular flexibility index (Phi) is 1.16. The number of nitrogens with zero attached hydrogens (tertiary/aromatic N) is 1. The molecule has 4 heteroatoms. The van der Waals surface area contributed by atoms with E-state index in [1.54, 1.807) is 6.92 Å². The molecule has 4 nitrogen and oxygen atoms in total. The predicted octanol–water partition coefficient (Wildman–Crippen LogP) is -0.618. The van der Waals surface area contributed by atoms with E-state index in [0.717, 1.165) is 0 Å². The highest BCUT2D eigenvalue weighted by Gasteiger charge is 1.93. The second kappa shape index (κ2) is 2.13. The van der Waals surface area contributed by atoms with E-state index < -0.39 is 11.2 Å². The van der Waals surface area contributed by atoms with Crippen LogP contribution in [0.4, 0.5) is 0 Å². The minimum atomic E-state index is -0.624. The molecule has 0 aliphatic heterocycles. The fourth-order valence-corrected chi connectivity index (χ4v) is 0.655. The lowest BCUT2D eigenvalue weighted by atomic mass is 10.4. The van der Waals surface area contributed by atoms with Crippen molar-refractivity contribution in [1.29, 1.82) is 0 Å². The average molecular weight is 141 g/mol. The van der Waals surface area contributed by atoms with E-state index in [2.05, 4.69) is 0 Å². The lowest BCUT2D eigenvalue weighted by Crippen LogP contribution is -2.28. The normalized spacial score (nSPS) is 11.2. The van der Waals surface area contributed by atoms with Crippen molar-refractivity contribution in [2.24, 2.45) is 7.05 Å². The first-order valence-corrected chi connectivity index (χ1v) is 2.82. The van der Waals surface area contributed by atoms with E-state index in [-0.39, 0.29) is 0 Å². The summed E-state index contributed by atoms with van der Waals surface area (Å²) in [6.45, 7) is 1.56. The molecule has 0 aliphatic carbocycles. The van der Waals surface area contributed by atoms with Gasteiger partial charge in [0.25, 0.3) is 5.56 Å². The summed E-state index contributed by atoms with van der Waals surface area (Å²) in [4.78, 5) is 22.1. The molecular formula is C6H8N2O2. The highest BCUT2D eigenvalue weighted by Crippen LogP contribution is 1.77. The van der Waals surface area contributed by atoms with Crippen LogP contribution in [0.25, 0.3) is 0 Å². The number of hydrogen-bond donors (Lipinski definition) is 1. The van der Waals surface area contributed by atoms with Crippen molar-refractivity contribution in [3.8, 4) is 0 Å². The van der Waals surface area contributed by atoms with Gasteiger partial charge in [0, 0.05) is 18.8 Å². The Morgan fingerprint density at radius 2 is 2.30 bits per heavy atom. The maximum atomic E-state index is 10.9. The third kappa shape index (κ3) is 1.00. The number of nitrogens with one attached hydrogen (secondary N) is 1. The van der Waals surface area contributed by atoms with Crippen LogP contribution in [-0.2, 0) is 7.05 Å². The maximum absolute atomic E-state index is 10.9. The Balaban J connectivity index is 3.74. The van der Waals surface area contributed by atoms with E-state index in [4.69, 9.17) is 1.41 Å². The van der Waals surface area contributed by atoms with Crippen molar-refractivity contribution in [3.05, 3.63) is 32.6 Å². The van der Waals surface area contributed by atoms with Gasteiger partial charge in [-0.25, -0.2) is 4.79 Å². The third-order valence-corrected chi connectivity index (χ3v) is 1.22. The summed E-state index contributed by atoms with van der Waals surface area (Å²) in [5.74, 6) is 0. The average Bonchev–Trinajstić information content (AvgIpc) is 1.97. The molecule has 0 unspecified atom stereocenters. The topological polar surface area (TPSA) is 54.9 Å². The van der Waals surface area contributed by atoms with Crippen LogP contribution in [0, 0.1) is 6.92 Å². The molecular weight excluding hydrogens is 132 g/mol. The molecule has 1 heterocycles. The molecule has 0 saturated carbocycles. The van der Waals surface area contributed by atoms with E-state index >= 15 is 0 Å². The van der Waals surface area contributed by atoms with Crippen LogP contribution in [0.5, 0.6) is 0 Å². The van der Waals surface area contributed by atoms with Gasteiger partial charge in [-0.3, -0.25) is 9.77 Å². The van der Waals surface area contributed by atoms with E-state index in [1.165, 1.54) is 17.8 Å². The van der Waals surface area contributed by atoms with Gasteiger partial charge in [-0.15, -0.1) is 0 Å². The van der Waals surface area contributed by atoms with Crippen LogP contribution in [0.2, 0.25) is 1.41 Å². The molecule has 0 aliphatic rings. The smallest absolute Gasteiger partial charge is 0.303 e. The highest BCUT2D eigenvalue weighted by molar-refractivity contribution is 4.99. The molecule has 0 bridgehead atoms. The first-order valence-electron chi connectivity index (χ1n) is 3.27. The second-order valence-corrected chi connectivity index (χ2v) is 2.12. The van der Waals surface area contributed by atoms with Crippen LogP contribution < -0.4 is 11.2 Å². The second-order valence-electron chi connectivity index (χ2n) is 2.12. The molecule has 10 heavy (non-hydrogen) atoms. The SMILES string of the molecule is [2H]n1c(=O)c(C)cn(C)c1=O. The summed E-state index contributed by atoms with van der Waals surface area (Å²) in [5.41, 5.74) is -0.796. The zero-order chi connectivity index (χ0) is 8.59. The highest BCUT2D eigenvalue weighted by atomic mass is 16.2. The zero-order valence-corrected chi connectivity index (χ0v) is 5.79. The fourth-order valence-electron chi connectivity index (χ4n) is 0.655. The van der Waals surface area contributed by atoms with Crippen molar-refractivity contribution in [1.82, 2.24) is 9.54 Å². The first-order chi connectivity index (χ1) is 5.04. The van der Waals surface area contributed by atoms with Crippen LogP contribution in [0.1, 0.15) is 5.56 Å². The number of aromatic amines is 1. The number of H-pyrrole nitrogens is 1. The van der Waals surface area contributed by atoms with Crippen molar-refractivity contribution in [3.63, 3.8) is 0 Å². The minimum absolute atomic E-state index is 0.343. The van der Waals surface area contributed by atoms with Gasteiger partial charge in [-0.05, 0) is 6.92 Å². The summed E-state index contributed by atoms with van der Waals surface area (Å²) in [5, 5.41) is 0. The van der Waals surface area contributed by atoms with Crippen molar-refractivity contribution in [2.75, 3.05) is 0 Å². The summed E-state index contributed by atoms with van der Waals surface area (Å²) in [7, 11) is 1.50. The molecule has 0 saturated heterocycles. The van der Waals surface area contributed by atoms with Gasteiger partial charge in [0.2, 0.25) is 0 Å². The number of rotatable bonds is 0. The van der Waals surface area contributed by atoms with Crippen LogP contribution in [0.15, 0.2) is 15.8 Å². The van der Waals surface area contributed by atoms with Gasteiger partial charge in [-0.2, -0.15) is 0 Å². The number of aromatic nitrogens is 2. The standard InChI is InChI=1S/C6H8N2O2/c1-4-3-8(2)6(10)7-5(4)9/h3H,1-2H3,(H,7,9,10)/i/hD. The predicted molar refractivity (Wildman–Crippen MR) is 37.0 cm³/mol. The molecule has 0 aromatic carbocycles. The lowest BCUT2D eigenvalue weighted by molar-refractivity contribution is 0.789. The fraction of sp³-hybridized carbons (Fsp3) is 0.333. The molecule has 1 aromatic heterocycles. The quantitative estimate of drug-likeness (QED) is 0.523. The van der Waals surface area contributed by atoms with Gasteiger partial charge in [0.05, 0.1) is 0 Å². The Bertz CT molecular complexity index is 356. The van der Waals surface area contributed by atoms with E-state index in [0.29, 0.717) is 10.5 Å². The molecule has 54 valence electrons. The molecule has 0 radical (unpaired) electrons. The van der Waals surface area contributed by atoms with Crippen molar-refractivity contribution >= 4 is 0 Å². The number of aryl methyl sites for hydroxylation is 2. The molecule has 0 amide bonds. The molecule has 0 spiro atoms. The monoisotopic (exact) mass is 141 g/mol. The molecule has 0 fully saturated rings. The van der Waals surface area contributed by atoms with Crippen LogP contribution in [0.3, 0.4) is 0 Å². The van der Waals surface area contributed by atoms with Crippen molar-refractivity contribution < 1.29 is 1.41 Å². The van der Waals surface area contributed by atoms with Gasteiger partial charge < -0.3 is 4.57 Å². The van der Waals surface area contributed by atoms with Gasteiger partial charge in [-0.1, -0.05) is 0 Å².